The van der Waals surface area contributed by atoms with Crippen LogP contribution in [0.25, 0.3) is 22.6 Å². The van der Waals surface area contributed by atoms with E-state index >= 15 is 0 Å². The minimum Gasteiger partial charge on any atom is -0.494 e. The highest BCUT2D eigenvalue weighted by atomic mass is 19.3. The Morgan fingerprint density at radius 1 is 1.29 bits per heavy atom. The van der Waals surface area contributed by atoms with E-state index in [2.05, 4.69) is 35.7 Å². The molecule has 0 spiro atoms. The summed E-state index contributed by atoms with van der Waals surface area (Å²) in [6.07, 6.45) is -2.35. The smallest absolute Gasteiger partial charge is 0.295 e. The highest BCUT2D eigenvalue weighted by Gasteiger charge is 2.43. The molecule has 3 aromatic heterocycles. The molecule has 0 unspecified atom stereocenters. The molecular formula is C21H19F3N8O2. The fraction of sp³-hybridized carbons (Fsp3) is 0.286. The number of methoxy groups -OCH3 is 1. The lowest BCUT2D eigenvalue weighted by atomic mass is 10.1. The zero-order valence-electron chi connectivity index (χ0n) is 18.0. The molecule has 10 nitrogen and oxygen atoms in total. The van der Waals surface area contributed by atoms with Gasteiger partial charge in [-0.15, -0.1) is 0 Å². The van der Waals surface area contributed by atoms with Crippen LogP contribution >= 0.6 is 0 Å². The van der Waals surface area contributed by atoms with Crippen molar-refractivity contribution in [2.75, 3.05) is 17.7 Å². The van der Waals surface area contributed by atoms with Gasteiger partial charge in [-0.2, -0.15) is 5.10 Å². The summed E-state index contributed by atoms with van der Waals surface area (Å²) < 4.78 is 47.0. The lowest BCUT2D eigenvalue weighted by Gasteiger charge is -2.15. The molecule has 176 valence electrons. The van der Waals surface area contributed by atoms with Crippen molar-refractivity contribution in [3.63, 3.8) is 0 Å². The van der Waals surface area contributed by atoms with Crippen LogP contribution < -0.4 is 15.4 Å². The number of pyridine rings is 1. The van der Waals surface area contributed by atoms with E-state index in [4.69, 9.17) is 4.74 Å². The van der Waals surface area contributed by atoms with Gasteiger partial charge in [0.05, 0.1) is 30.0 Å². The molecule has 3 N–H and O–H groups in total. The molecule has 2 atom stereocenters. The van der Waals surface area contributed by atoms with Crippen LogP contribution in [0.2, 0.25) is 0 Å². The Morgan fingerprint density at radius 2 is 2.09 bits per heavy atom. The number of benzene rings is 1. The van der Waals surface area contributed by atoms with Crippen LogP contribution in [0.5, 0.6) is 5.75 Å². The van der Waals surface area contributed by atoms with Gasteiger partial charge in [-0.3, -0.25) is 9.48 Å². The Labute approximate surface area is 190 Å². The standard InChI is InChI=1S/C21H19F3N8O2/c1-32-8-25-18(31-32)9-4-3-5-12(16(9)34-2)26-13-7-14(28-21(33)10-6-11(10)22)27-19-15(13)29-20(30-19)17(23)24/h3-5,7-8,10-11,17H,6H2,1-2H3,(H3,26,27,28,29,30,33)/t10-,11+/m0/s1. The molecule has 1 amide bonds. The van der Waals surface area contributed by atoms with E-state index in [0.717, 1.165) is 0 Å². The largest absolute Gasteiger partial charge is 0.494 e. The van der Waals surface area contributed by atoms with E-state index in [1.54, 1.807) is 36.3 Å². The van der Waals surface area contributed by atoms with Gasteiger partial charge >= 0.3 is 0 Å². The molecule has 0 radical (unpaired) electrons. The summed E-state index contributed by atoms with van der Waals surface area (Å²) in [6.45, 7) is 0. The second-order valence-corrected chi connectivity index (χ2v) is 7.78. The number of aromatic amines is 1. The van der Waals surface area contributed by atoms with Gasteiger partial charge in [0.2, 0.25) is 5.91 Å². The predicted octanol–water partition coefficient (Wildman–Crippen LogP) is 3.74. The summed E-state index contributed by atoms with van der Waals surface area (Å²) in [5.41, 5.74) is 1.52. The van der Waals surface area contributed by atoms with Gasteiger partial charge in [-0.1, -0.05) is 6.07 Å². The second-order valence-electron chi connectivity index (χ2n) is 7.78. The van der Waals surface area contributed by atoms with Crippen LogP contribution in [0.1, 0.15) is 18.7 Å². The molecule has 1 saturated carbocycles. The van der Waals surface area contributed by atoms with E-state index in [1.165, 1.54) is 13.2 Å². The number of H-pyrrole nitrogens is 1. The molecule has 0 aliphatic heterocycles. The number of aryl methyl sites for hydroxylation is 1. The summed E-state index contributed by atoms with van der Waals surface area (Å²) in [6, 6.07) is 6.69. The van der Waals surface area contributed by atoms with Gasteiger partial charge in [0.1, 0.15) is 23.8 Å². The number of amides is 1. The number of alkyl halides is 3. The number of nitrogens with one attached hydrogen (secondary N) is 3. The number of hydrogen-bond acceptors (Lipinski definition) is 7. The number of imidazole rings is 1. The van der Waals surface area contributed by atoms with Gasteiger partial charge in [-0.05, 0) is 18.6 Å². The summed E-state index contributed by atoms with van der Waals surface area (Å²) in [5.74, 6) is -0.939. The number of carbonyl (C=O) groups excluding carboxylic acids is 1. The molecule has 1 aliphatic carbocycles. The lowest BCUT2D eigenvalue weighted by molar-refractivity contribution is -0.117. The van der Waals surface area contributed by atoms with Gasteiger partial charge in [0, 0.05) is 13.1 Å². The normalized spacial score (nSPS) is 17.2. The third-order valence-corrected chi connectivity index (χ3v) is 5.31. The van der Waals surface area contributed by atoms with E-state index in [9.17, 15) is 18.0 Å². The Balaban J connectivity index is 1.56. The number of para-hydroxylation sites is 1. The first-order valence-electron chi connectivity index (χ1n) is 10.3. The average Bonchev–Trinajstić information content (AvgIpc) is 3.18. The lowest BCUT2D eigenvalue weighted by Crippen LogP contribution is -2.16. The number of hydrogen-bond donors (Lipinski definition) is 3. The number of carbonyl (C=O) groups is 1. The summed E-state index contributed by atoms with van der Waals surface area (Å²) in [7, 11) is 3.22. The molecular weight excluding hydrogens is 453 g/mol. The zero-order valence-corrected chi connectivity index (χ0v) is 18.0. The van der Waals surface area contributed by atoms with Gasteiger partial charge < -0.3 is 20.4 Å². The van der Waals surface area contributed by atoms with Crippen LogP contribution in [0, 0.1) is 5.92 Å². The quantitative estimate of drug-likeness (QED) is 0.374. The topological polar surface area (TPSA) is 123 Å². The van der Waals surface area contributed by atoms with Crippen LogP contribution in [-0.2, 0) is 11.8 Å². The van der Waals surface area contributed by atoms with E-state index in [1.807, 2.05) is 0 Å². The molecule has 0 saturated heterocycles. The number of halogens is 3. The van der Waals surface area contributed by atoms with Crippen molar-refractivity contribution in [1.29, 1.82) is 0 Å². The molecule has 0 bridgehead atoms. The first kappa shape index (κ1) is 21.7. The van der Waals surface area contributed by atoms with Crippen molar-refractivity contribution in [2.45, 2.75) is 19.0 Å². The number of nitrogens with zero attached hydrogens (tertiary/aromatic N) is 5. The third-order valence-electron chi connectivity index (χ3n) is 5.31. The van der Waals surface area contributed by atoms with Gasteiger partial charge in [0.25, 0.3) is 6.43 Å². The van der Waals surface area contributed by atoms with Crippen LogP contribution in [-0.4, -0.2) is 48.9 Å². The monoisotopic (exact) mass is 472 g/mol. The van der Waals surface area contributed by atoms with Crippen molar-refractivity contribution in [3.8, 4) is 17.1 Å². The molecule has 1 aliphatic rings. The molecule has 3 heterocycles. The van der Waals surface area contributed by atoms with Crippen LogP contribution in [0.15, 0.2) is 30.6 Å². The summed E-state index contributed by atoms with van der Waals surface area (Å²) >= 11 is 0. The fourth-order valence-electron chi connectivity index (χ4n) is 3.56. The van der Waals surface area contributed by atoms with Crippen LogP contribution in [0.3, 0.4) is 0 Å². The number of anilines is 3. The summed E-state index contributed by atoms with van der Waals surface area (Å²) in [5, 5.41) is 9.96. The minimum atomic E-state index is -2.85. The first-order chi connectivity index (χ1) is 16.3. The third kappa shape index (κ3) is 4.00. The number of rotatable bonds is 7. The molecule has 34 heavy (non-hydrogen) atoms. The van der Waals surface area contributed by atoms with Crippen molar-refractivity contribution in [1.82, 2.24) is 29.7 Å². The number of aromatic nitrogens is 6. The van der Waals surface area contributed by atoms with Crippen molar-refractivity contribution in [2.24, 2.45) is 13.0 Å². The van der Waals surface area contributed by atoms with Crippen LogP contribution in [0.4, 0.5) is 30.4 Å². The van der Waals surface area contributed by atoms with Crippen molar-refractivity contribution in [3.05, 3.63) is 36.4 Å². The van der Waals surface area contributed by atoms with E-state index in [0.29, 0.717) is 22.8 Å². The maximum absolute atomic E-state index is 13.3. The van der Waals surface area contributed by atoms with Crippen molar-refractivity contribution < 1.29 is 22.7 Å². The van der Waals surface area contributed by atoms with E-state index in [-0.39, 0.29) is 29.1 Å². The second kappa shape index (κ2) is 8.32. The van der Waals surface area contributed by atoms with Gasteiger partial charge in [0.15, 0.2) is 23.0 Å². The Morgan fingerprint density at radius 3 is 2.74 bits per heavy atom. The van der Waals surface area contributed by atoms with Crippen molar-refractivity contribution >= 4 is 34.3 Å². The average molecular weight is 472 g/mol. The SMILES string of the molecule is COc1c(Nc2cc(NC(=O)[C@H]3C[C@H]3F)nc3[nH]c(C(F)F)nc23)cccc1-c1ncn(C)n1. The molecule has 4 aromatic rings. The Hall–Kier alpha value is -4.16. The predicted molar refractivity (Wildman–Crippen MR) is 117 cm³/mol. The maximum Gasteiger partial charge on any atom is 0.295 e. The molecule has 1 aromatic carbocycles. The van der Waals surface area contributed by atoms with Gasteiger partial charge in [-0.25, -0.2) is 28.1 Å². The highest BCUT2D eigenvalue weighted by Crippen LogP contribution is 2.39. The molecule has 1 fully saturated rings. The molecule has 13 heteroatoms. The fourth-order valence-corrected chi connectivity index (χ4v) is 3.56. The molecule has 5 rings (SSSR count). The minimum absolute atomic E-state index is 0.0321. The Bertz CT molecular complexity index is 1390. The van der Waals surface area contributed by atoms with E-state index < -0.39 is 30.2 Å². The zero-order chi connectivity index (χ0) is 24.0. The first-order valence-corrected chi connectivity index (χ1v) is 10.3. The number of fused-ring (bicyclic) bond motifs is 1. The number of ether oxygens (including phenoxy) is 1. The summed E-state index contributed by atoms with van der Waals surface area (Å²) in [4.78, 5) is 27.0. The maximum atomic E-state index is 13.3. The Kier molecular flexibility index (Phi) is 5.30. The highest BCUT2D eigenvalue weighted by molar-refractivity contribution is 5.98.